The number of hydrogen-bond donors (Lipinski definition) is 1. The lowest BCUT2D eigenvalue weighted by Crippen LogP contribution is -2.37. The first-order valence-corrected chi connectivity index (χ1v) is 13.7. The van der Waals surface area contributed by atoms with E-state index in [-0.39, 0.29) is 56.3 Å². The second-order valence-corrected chi connectivity index (χ2v) is 10.5. The van der Waals surface area contributed by atoms with Gasteiger partial charge in [0.05, 0.1) is 25.2 Å². The maximum Gasteiger partial charge on any atom is 0.373 e. The van der Waals surface area contributed by atoms with E-state index in [0.717, 1.165) is 9.87 Å². The average Bonchev–Trinajstić information content (AvgIpc) is 3.43. The van der Waals surface area contributed by atoms with Gasteiger partial charge in [-0.15, -0.1) is 0 Å². The van der Waals surface area contributed by atoms with Crippen LogP contribution in [-0.4, -0.2) is 76.9 Å². The number of aliphatic hydroxyl groups excluding tert-OH is 1. The van der Waals surface area contributed by atoms with E-state index in [4.69, 9.17) is 28.4 Å². The van der Waals surface area contributed by atoms with Gasteiger partial charge in [-0.1, -0.05) is 18.7 Å². The maximum absolute atomic E-state index is 13.2. The van der Waals surface area contributed by atoms with E-state index in [0.29, 0.717) is 23.7 Å². The molecule has 1 N–H and O–H groups in total. The van der Waals surface area contributed by atoms with E-state index in [1.54, 1.807) is 24.3 Å². The zero-order valence-electron chi connectivity index (χ0n) is 21.5. The molecule has 0 radical (unpaired) electrons. The third-order valence-corrected chi connectivity index (χ3v) is 8.02. The first kappa shape index (κ1) is 28.4. The fraction of sp³-hybridized carbons (Fsp3) is 0.370. The summed E-state index contributed by atoms with van der Waals surface area (Å²) in [5.74, 6) is 0.792. The van der Waals surface area contributed by atoms with Crippen molar-refractivity contribution in [1.29, 1.82) is 0 Å². The molecule has 2 aliphatic heterocycles. The van der Waals surface area contributed by atoms with Crippen molar-refractivity contribution in [2.75, 3.05) is 46.8 Å². The number of carbonyl (C=O) groups excluding carboxylic acids is 1. The van der Waals surface area contributed by atoms with Crippen molar-refractivity contribution in [3.8, 4) is 17.2 Å². The molecule has 2 atom stereocenters. The summed E-state index contributed by atoms with van der Waals surface area (Å²) < 4.78 is 60.2. The summed E-state index contributed by atoms with van der Waals surface area (Å²) in [7, 11) is -2.42. The molecule has 0 spiro atoms. The fourth-order valence-electron chi connectivity index (χ4n) is 4.13. The summed E-state index contributed by atoms with van der Waals surface area (Å²) in [4.78, 5) is 12.6. The van der Waals surface area contributed by atoms with Crippen molar-refractivity contribution in [3.05, 3.63) is 72.5 Å². The Morgan fingerprint density at radius 2 is 1.92 bits per heavy atom. The molecule has 2 aromatic carbocycles. The molecule has 0 saturated heterocycles. The van der Waals surface area contributed by atoms with E-state index in [1.807, 2.05) is 12.1 Å². The number of benzene rings is 2. The van der Waals surface area contributed by atoms with Crippen LogP contribution in [0.2, 0.25) is 0 Å². The molecular weight excluding hydrogens is 530 g/mol. The van der Waals surface area contributed by atoms with Gasteiger partial charge in [-0.05, 0) is 48.0 Å². The lowest BCUT2D eigenvalue weighted by Gasteiger charge is -2.30. The van der Waals surface area contributed by atoms with Crippen LogP contribution in [-0.2, 0) is 29.0 Å². The minimum atomic E-state index is -3.91. The molecule has 12 heteroatoms. The van der Waals surface area contributed by atoms with E-state index < -0.39 is 22.3 Å². The summed E-state index contributed by atoms with van der Waals surface area (Å²) in [5.41, 5.74) is 0.856. The third-order valence-electron chi connectivity index (χ3n) is 6.11. The van der Waals surface area contributed by atoms with Crippen LogP contribution in [0.1, 0.15) is 17.9 Å². The highest BCUT2D eigenvalue weighted by atomic mass is 32.2. The number of esters is 1. The van der Waals surface area contributed by atoms with Gasteiger partial charge in [0.25, 0.3) is 0 Å². The highest BCUT2D eigenvalue weighted by Crippen LogP contribution is 2.38. The van der Waals surface area contributed by atoms with Gasteiger partial charge in [0.1, 0.15) is 12.4 Å². The van der Waals surface area contributed by atoms with Crippen LogP contribution in [0.25, 0.3) is 0 Å². The number of sulfonamides is 1. The second kappa shape index (κ2) is 13.0. The zero-order chi connectivity index (χ0) is 27.8. The number of carbonyl (C=O) groups is 1. The van der Waals surface area contributed by atoms with Crippen molar-refractivity contribution >= 4 is 16.0 Å². The van der Waals surface area contributed by atoms with Gasteiger partial charge in [0.2, 0.25) is 28.9 Å². The number of aliphatic hydroxyl groups is 1. The van der Waals surface area contributed by atoms with Crippen LogP contribution in [0.4, 0.5) is 0 Å². The Bertz CT molecular complexity index is 1290. The number of fused-ring (bicyclic) bond motifs is 1. The highest BCUT2D eigenvalue weighted by Gasteiger charge is 2.31. The molecule has 2 aliphatic rings. The van der Waals surface area contributed by atoms with Gasteiger partial charge in [-0.3, -0.25) is 0 Å². The monoisotopic (exact) mass is 561 g/mol. The van der Waals surface area contributed by atoms with Crippen molar-refractivity contribution < 1.29 is 46.7 Å². The first-order valence-electron chi connectivity index (χ1n) is 12.3. The summed E-state index contributed by atoms with van der Waals surface area (Å²) in [6, 6.07) is 11.5. The minimum Gasteiger partial charge on any atom is -0.497 e. The Hall–Kier alpha value is -3.58. The molecule has 2 aromatic rings. The van der Waals surface area contributed by atoms with Crippen LogP contribution in [0, 0.1) is 0 Å². The Kier molecular flexibility index (Phi) is 9.46. The molecule has 2 heterocycles. The Morgan fingerprint density at radius 3 is 2.64 bits per heavy atom. The Balaban J connectivity index is 1.46. The molecule has 0 amide bonds. The van der Waals surface area contributed by atoms with Gasteiger partial charge in [-0.25, -0.2) is 13.2 Å². The number of nitrogens with zero attached hydrogens (tertiary/aromatic N) is 1. The van der Waals surface area contributed by atoms with Crippen molar-refractivity contribution in [2.45, 2.75) is 23.5 Å². The Morgan fingerprint density at radius 1 is 1.15 bits per heavy atom. The van der Waals surface area contributed by atoms with Crippen molar-refractivity contribution in [1.82, 2.24) is 4.31 Å². The largest absolute Gasteiger partial charge is 0.497 e. The number of rotatable bonds is 13. The van der Waals surface area contributed by atoms with Gasteiger partial charge in [0, 0.05) is 25.4 Å². The predicted molar refractivity (Wildman–Crippen MR) is 139 cm³/mol. The molecule has 4 rings (SSSR count). The molecule has 0 aliphatic carbocycles. The van der Waals surface area contributed by atoms with Crippen molar-refractivity contribution in [3.63, 3.8) is 0 Å². The van der Waals surface area contributed by atoms with Gasteiger partial charge < -0.3 is 33.5 Å². The topological polar surface area (TPSA) is 130 Å². The van der Waals surface area contributed by atoms with Gasteiger partial charge >= 0.3 is 5.97 Å². The number of allylic oxidation sites excluding steroid dienone is 1. The molecule has 39 heavy (non-hydrogen) atoms. The van der Waals surface area contributed by atoms with E-state index in [1.165, 1.54) is 25.3 Å². The van der Waals surface area contributed by atoms with Crippen LogP contribution < -0.4 is 14.2 Å². The standard InChI is InChI=1S/C27H31NO10S/c1-3-13-35-27(30)25-16-20(19-4-9-23-24(15-19)37-18-36-23)17-26(38-25)34-14-11-28(10-12-29)39(31,32)22-7-5-21(33-2)6-8-22/h3-9,15-16,20,26,29H,1,10-14,17-18H2,2H3/t20-,26+/m0/s1. The number of ether oxygens (including phenoxy) is 6. The molecule has 0 fully saturated rings. The van der Waals surface area contributed by atoms with E-state index in [2.05, 4.69) is 6.58 Å². The molecule has 11 nitrogen and oxygen atoms in total. The number of methoxy groups -OCH3 is 1. The lowest BCUT2D eigenvalue weighted by molar-refractivity contribution is -0.160. The van der Waals surface area contributed by atoms with Crippen LogP contribution in [0.5, 0.6) is 17.2 Å². The molecule has 0 saturated carbocycles. The fourth-order valence-corrected chi connectivity index (χ4v) is 5.55. The Labute approximate surface area is 227 Å². The van der Waals surface area contributed by atoms with E-state index in [9.17, 15) is 18.3 Å². The minimum absolute atomic E-state index is 0.0130. The second-order valence-electron chi connectivity index (χ2n) is 8.59. The van der Waals surface area contributed by atoms with Gasteiger partial charge in [0.15, 0.2) is 11.5 Å². The summed E-state index contributed by atoms with van der Waals surface area (Å²) in [5, 5.41) is 9.49. The molecule has 0 bridgehead atoms. The lowest BCUT2D eigenvalue weighted by atomic mass is 9.92. The molecule has 0 unspecified atom stereocenters. The molecular formula is C27H31NO10S. The molecule has 0 aromatic heterocycles. The smallest absolute Gasteiger partial charge is 0.373 e. The predicted octanol–water partition coefficient (Wildman–Crippen LogP) is 2.57. The van der Waals surface area contributed by atoms with Crippen molar-refractivity contribution in [2.24, 2.45) is 0 Å². The SMILES string of the molecule is C=CCOC(=O)C1=C[C@H](c2ccc3c(c2)OCO3)C[C@H](OCCN(CCO)S(=O)(=O)c2ccc(OC)cc2)O1. The number of hydrogen-bond acceptors (Lipinski definition) is 10. The first-order chi connectivity index (χ1) is 18.8. The summed E-state index contributed by atoms with van der Waals surface area (Å²) in [6.45, 7) is 3.09. The van der Waals surface area contributed by atoms with Crippen LogP contribution in [0.3, 0.4) is 0 Å². The highest BCUT2D eigenvalue weighted by molar-refractivity contribution is 7.89. The zero-order valence-corrected chi connectivity index (χ0v) is 22.3. The van der Waals surface area contributed by atoms with E-state index >= 15 is 0 Å². The van der Waals surface area contributed by atoms with Gasteiger partial charge in [-0.2, -0.15) is 4.31 Å². The summed E-state index contributed by atoms with van der Waals surface area (Å²) in [6.07, 6.45) is 2.60. The average molecular weight is 562 g/mol. The summed E-state index contributed by atoms with van der Waals surface area (Å²) >= 11 is 0. The van der Waals surface area contributed by atoms with Crippen LogP contribution >= 0.6 is 0 Å². The quantitative estimate of drug-likeness (QED) is 0.288. The molecule has 210 valence electrons. The third kappa shape index (κ3) is 6.90. The maximum atomic E-state index is 13.2. The van der Waals surface area contributed by atoms with Crippen LogP contribution in [0.15, 0.2) is 71.9 Å². The normalized spacial score (nSPS) is 18.3.